The van der Waals surface area contributed by atoms with Gasteiger partial charge in [-0.15, -0.1) is 0 Å². The lowest BCUT2D eigenvalue weighted by Crippen LogP contribution is -2.27. The Morgan fingerprint density at radius 1 is 1.24 bits per heavy atom. The minimum Gasteiger partial charge on any atom is -0.495 e. The number of para-hydroxylation sites is 2. The van der Waals surface area contributed by atoms with Gasteiger partial charge in [-0.1, -0.05) is 12.1 Å². The van der Waals surface area contributed by atoms with Gasteiger partial charge in [-0.2, -0.15) is 5.10 Å². The van der Waals surface area contributed by atoms with Gasteiger partial charge in [0, 0.05) is 18.7 Å². The van der Waals surface area contributed by atoms with Crippen molar-refractivity contribution in [3.8, 4) is 5.75 Å². The highest BCUT2D eigenvalue weighted by Gasteiger charge is 2.31. The van der Waals surface area contributed by atoms with Gasteiger partial charge in [-0.3, -0.25) is 4.79 Å². The topological polar surface area (TPSA) is 60.2 Å². The van der Waals surface area contributed by atoms with Gasteiger partial charge in [0.15, 0.2) is 5.65 Å². The quantitative estimate of drug-likeness (QED) is 0.648. The number of pyridine rings is 1. The standard InChI is InChI=1S/C23H28N4O2/c1-14-20-16(22(28)26(5)18-9-7-8-10-19(18)29-6)13-17(15-11-12-15)24-21(20)27(25-14)23(2,3)4/h7-10,13,15H,11-12H2,1-6H3. The average Bonchev–Trinajstić information content (AvgIpc) is 3.49. The monoisotopic (exact) mass is 392 g/mol. The molecule has 6 nitrogen and oxygen atoms in total. The number of nitrogens with zero attached hydrogens (tertiary/aromatic N) is 4. The minimum absolute atomic E-state index is 0.0830. The largest absolute Gasteiger partial charge is 0.495 e. The zero-order valence-electron chi connectivity index (χ0n) is 18.0. The second-order valence-electron chi connectivity index (χ2n) is 8.77. The maximum Gasteiger partial charge on any atom is 0.259 e. The summed E-state index contributed by atoms with van der Waals surface area (Å²) in [7, 11) is 3.40. The van der Waals surface area contributed by atoms with Crippen LogP contribution in [0.5, 0.6) is 5.75 Å². The highest BCUT2D eigenvalue weighted by Crippen LogP contribution is 2.41. The second kappa shape index (κ2) is 6.87. The van der Waals surface area contributed by atoms with Crippen LogP contribution in [0.1, 0.15) is 61.3 Å². The summed E-state index contributed by atoms with van der Waals surface area (Å²) in [4.78, 5) is 20.2. The van der Waals surface area contributed by atoms with E-state index in [1.807, 2.05) is 41.9 Å². The van der Waals surface area contributed by atoms with Crippen molar-refractivity contribution in [2.24, 2.45) is 0 Å². The number of rotatable bonds is 4. The van der Waals surface area contributed by atoms with E-state index in [2.05, 4.69) is 20.8 Å². The van der Waals surface area contributed by atoms with E-state index in [0.29, 0.717) is 17.2 Å². The fraction of sp³-hybridized carbons (Fsp3) is 0.435. The zero-order chi connectivity index (χ0) is 20.9. The first-order chi connectivity index (χ1) is 13.7. The predicted octanol–water partition coefficient (Wildman–Crippen LogP) is 4.66. The van der Waals surface area contributed by atoms with Crippen LogP contribution in [0.2, 0.25) is 0 Å². The molecule has 0 aliphatic heterocycles. The Balaban J connectivity index is 1.90. The second-order valence-corrected chi connectivity index (χ2v) is 8.77. The first kappa shape index (κ1) is 19.4. The molecule has 1 aromatic carbocycles. The summed E-state index contributed by atoms with van der Waals surface area (Å²) in [5.74, 6) is 1.02. The molecule has 6 heteroatoms. The first-order valence-corrected chi connectivity index (χ1v) is 10.0. The van der Waals surface area contributed by atoms with Crippen LogP contribution in [-0.4, -0.2) is 34.8 Å². The van der Waals surface area contributed by atoms with Crippen LogP contribution in [0, 0.1) is 6.92 Å². The van der Waals surface area contributed by atoms with E-state index >= 15 is 0 Å². The number of carbonyl (C=O) groups excluding carboxylic acids is 1. The highest BCUT2D eigenvalue weighted by atomic mass is 16.5. The van der Waals surface area contributed by atoms with Crippen molar-refractivity contribution >= 4 is 22.6 Å². The van der Waals surface area contributed by atoms with E-state index in [1.54, 1.807) is 19.1 Å². The van der Waals surface area contributed by atoms with Gasteiger partial charge < -0.3 is 9.64 Å². The lowest BCUT2D eigenvalue weighted by Gasteiger charge is -2.22. The third-order valence-electron chi connectivity index (χ3n) is 5.45. The average molecular weight is 393 g/mol. The van der Waals surface area contributed by atoms with Crippen molar-refractivity contribution in [3.05, 3.63) is 47.3 Å². The summed E-state index contributed by atoms with van der Waals surface area (Å²) in [6.45, 7) is 8.26. The number of ether oxygens (including phenoxy) is 1. The first-order valence-electron chi connectivity index (χ1n) is 10.0. The molecule has 1 aliphatic carbocycles. The summed E-state index contributed by atoms with van der Waals surface area (Å²) >= 11 is 0. The van der Waals surface area contributed by atoms with Gasteiger partial charge in [-0.25, -0.2) is 9.67 Å². The van der Waals surface area contributed by atoms with Gasteiger partial charge in [0.05, 0.1) is 35.0 Å². The maximum atomic E-state index is 13.6. The Morgan fingerprint density at radius 3 is 2.55 bits per heavy atom. The number of methoxy groups -OCH3 is 1. The van der Waals surface area contributed by atoms with E-state index in [4.69, 9.17) is 14.8 Å². The number of aryl methyl sites for hydroxylation is 1. The molecule has 152 valence electrons. The Kier molecular flexibility index (Phi) is 4.60. The number of benzene rings is 1. The molecule has 2 aromatic heterocycles. The molecule has 0 spiro atoms. The van der Waals surface area contributed by atoms with E-state index in [9.17, 15) is 4.79 Å². The molecular formula is C23H28N4O2. The molecule has 2 heterocycles. The van der Waals surface area contributed by atoms with Crippen LogP contribution in [-0.2, 0) is 5.54 Å². The molecule has 29 heavy (non-hydrogen) atoms. The van der Waals surface area contributed by atoms with Crippen LogP contribution in [0.25, 0.3) is 11.0 Å². The molecule has 0 radical (unpaired) electrons. The Bertz CT molecular complexity index is 1090. The zero-order valence-corrected chi connectivity index (χ0v) is 18.0. The lowest BCUT2D eigenvalue weighted by molar-refractivity contribution is 0.0993. The van der Waals surface area contributed by atoms with Gasteiger partial charge in [0.1, 0.15) is 5.75 Å². The minimum atomic E-state index is -0.226. The molecule has 0 bridgehead atoms. The van der Waals surface area contributed by atoms with Crippen LogP contribution < -0.4 is 9.64 Å². The van der Waals surface area contributed by atoms with Crippen LogP contribution >= 0.6 is 0 Å². The Hall–Kier alpha value is -2.89. The Morgan fingerprint density at radius 2 is 1.93 bits per heavy atom. The fourth-order valence-corrected chi connectivity index (χ4v) is 3.73. The number of hydrogen-bond acceptors (Lipinski definition) is 4. The molecule has 0 saturated heterocycles. The van der Waals surface area contributed by atoms with Gasteiger partial charge >= 0.3 is 0 Å². The molecule has 0 atom stereocenters. The number of carbonyl (C=O) groups is 1. The smallest absolute Gasteiger partial charge is 0.259 e. The van der Waals surface area contributed by atoms with Gasteiger partial charge in [-0.05, 0) is 58.7 Å². The SMILES string of the molecule is COc1ccccc1N(C)C(=O)c1cc(C2CC2)nc2c1c(C)nn2C(C)(C)C. The van der Waals surface area contributed by atoms with E-state index in [1.165, 1.54) is 0 Å². The third-order valence-corrected chi connectivity index (χ3v) is 5.45. The van der Waals surface area contributed by atoms with Crippen molar-refractivity contribution in [1.82, 2.24) is 14.8 Å². The molecule has 1 amide bonds. The van der Waals surface area contributed by atoms with E-state index < -0.39 is 0 Å². The number of fused-ring (bicyclic) bond motifs is 1. The highest BCUT2D eigenvalue weighted by molar-refractivity contribution is 6.14. The molecule has 0 N–H and O–H groups in total. The number of aromatic nitrogens is 3. The summed E-state index contributed by atoms with van der Waals surface area (Å²) in [6.07, 6.45) is 2.24. The predicted molar refractivity (Wildman–Crippen MR) is 115 cm³/mol. The van der Waals surface area contributed by atoms with Gasteiger partial charge in [0.25, 0.3) is 5.91 Å². The molecule has 0 unspecified atom stereocenters. The van der Waals surface area contributed by atoms with Crippen molar-refractivity contribution in [2.45, 2.75) is 52.0 Å². The molecule has 3 aromatic rings. The van der Waals surface area contributed by atoms with Crippen LogP contribution in [0.3, 0.4) is 0 Å². The molecule has 1 saturated carbocycles. The molecule has 1 aliphatic rings. The van der Waals surface area contributed by atoms with Crippen LogP contribution in [0.4, 0.5) is 5.69 Å². The van der Waals surface area contributed by atoms with Crippen molar-refractivity contribution in [3.63, 3.8) is 0 Å². The number of anilines is 1. The number of hydrogen-bond donors (Lipinski definition) is 0. The normalized spacial score (nSPS) is 14.3. The third kappa shape index (κ3) is 3.37. The Labute approximate surface area is 171 Å². The lowest BCUT2D eigenvalue weighted by atomic mass is 10.1. The van der Waals surface area contributed by atoms with Crippen LogP contribution in [0.15, 0.2) is 30.3 Å². The fourth-order valence-electron chi connectivity index (χ4n) is 3.73. The summed E-state index contributed by atoms with van der Waals surface area (Å²) < 4.78 is 7.41. The van der Waals surface area contributed by atoms with Crippen molar-refractivity contribution in [1.29, 1.82) is 0 Å². The van der Waals surface area contributed by atoms with Gasteiger partial charge in [0.2, 0.25) is 0 Å². The summed E-state index contributed by atoms with van der Waals surface area (Å²) in [5, 5.41) is 5.58. The summed E-state index contributed by atoms with van der Waals surface area (Å²) in [6, 6.07) is 9.52. The summed E-state index contributed by atoms with van der Waals surface area (Å²) in [5.41, 5.74) is 3.76. The maximum absolute atomic E-state index is 13.6. The molecule has 4 rings (SSSR count). The molecule has 1 fully saturated rings. The van der Waals surface area contributed by atoms with E-state index in [-0.39, 0.29) is 11.4 Å². The van der Waals surface area contributed by atoms with Crippen molar-refractivity contribution < 1.29 is 9.53 Å². The number of amides is 1. The van der Waals surface area contributed by atoms with Crippen molar-refractivity contribution in [2.75, 3.05) is 19.1 Å². The van der Waals surface area contributed by atoms with E-state index in [0.717, 1.165) is 41.0 Å². The molecular weight excluding hydrogens is 364 g/mol.